The van der Waals surface area contributed by atoms with Gasteiger partial charge in [-0.2, -0.15) is 0 Å². The third-order valence-electron chi connectivity index (χ3n) is 6.42. The van der Waals surface area contributed by atoms with Gasteiger partial charge in [0.2, 0.25) is 0 Å². The molecule has 1 aromatic heterocycles. The van der Waals surface area contributed by atoms with Crippen LogP contribution in [0.5, 0.6) is 5.75 Å². The highest BCUT2D eigenvalue weighted by atomic mass is 32.1. The predicted octanol–water partition coefficient (Wildman–Crippen LogP) is 4.47. The molecule has 2 heterocycles. The third kappa shape index (κ3) is 4.50. The summed E-state index contributed by atoms with van der Waals surface area (Å²) in [6.45, 7) is 5.66. The number of hydrogen-bond donors (Lipinski definition) is 1. The number of para-hydroxylation sites is 1. The van der Waals surface area contributed by atoms with Crippen LogP contribution in [0.4, 0.5) is 0 Å². The highest BCUT2D eigenvalue weighted by molar-refractivity contribution is 7.10. The normalized spacial score (nSPS) is 21.8. The number of nitrogens with one attached hydrogen (secondary N) is 1. The van der Waals surface area contributed by atoms with Crippen molar-refractivity contribution in [2.24, 2.45) is 5.92 Å². The zero-order valence-electron chi connectivity index (χ0n) is 20.3. The minimum atomic E-state index is -1.06. The highest BCUT2D eigenvalue weighted by Gasteiger charge is 2.49. The average molecular weight is 496 g/mol. The Morgan fingerprint density at radius 1 is 1.09 bits per heavy atom. The van der Waals surface area contributed by atoms with Gasteiger partial charge >= 0.3 is 11.9 Å². The summed E-state index contributed by atoms with van der Waals surface area (Å²) in [7, 11) is 1.57. The number of thiophene rings is 1. The molecule has 184 valence electrons. The van der Waals surface area contributed by atoms with Gasteiger partial charge in [-0.25, -0.2) is 4.79 Å². The lowest BCUT2D eigenvalue weighted by atomic mass is 9.68. The van der Waals surface area contributed by atoms with E-state index in [0.29, 0.717) is 34.7 Å². The van der Waals surface area contributed by atoms with Crippen molar-refractivity contribution in [2.75, 3.05) is 20.3 Å². The number of carbonyl (C=O) groups is 3. The molecule has 1 aliphatic carbocycles. The average Bonchev–Trinajstić information content (AvgIpc) is 3.38. The SMILES string of the molecule is CCOC(=O)C1=C(C)NC2=C(C(=O)[C@H](C(=O)OCC)[C@H](c3ccccc3OC)C2)[C@@H]1c1cccs1. The van der Waals surface area contributed by atoms with Gasteiger partial charge in [0.25, 0.3) is 0 Å². The summed E-state index contributed by atoms with van der Waals surface area (Å²) < 4.78 is 16.3. The van der Waals surface area contributed by atoms with Crippen molar-refractivity contribution >= 4 is 29.1 Å². The van der Waals surface area contributed by atoms with Gasteiger partial charge < -0.3 is 19.5 Å². The minimum Gasteiger partial charge on any atom is -0.496 e. The number of Topliss-reactive ketones (excluding diaryl/α,β-unsaturated/α-hetero) is 1. The van der Waals surface area contributed by atoms with Crippen molar-refractivity contribution in [3.8, 4) is 5.75 Å². The summed E-state index contributed by atoms with van der Waals surface area (Å²) in [4.78, 5) is 41.3. The Balaban J connectivity index is 1.89. The zero-order chi connectivity index (χ0) is 25.1. The van der Waals surface area contributed by atoms with E-state index in [0.717, 1.165) is 10.4 Å². The van der Waals surface area contributed by atoms with E-state index in [-0.39, 0.29) is 19.0 Å². The molecule has 1 N–H and O–H groups in total. The number of rotatable bonds is 7. The second-order valence-electron chi connectivity index (χ2n) is 8.37. The number of allylic oxidation sites excluding steroid dienone is 3. The van der Waals surface area contributed by atoms with E-state index in [2.05, 4.69) is 5.32 Å². The molecule has 0 amide bonds. The molecule has 0 saturated heterocycles. The molecule has 1 aliphatic heterocycles. The van der Waals surface area contributed by atoms with Gasteiger partial charge in [-0.05, 0) is 50.3 Å². The van der Waals surface area contributed by atoms with Crippen LogP contribution in [0.3, 0.4) is 0 Å². The lowest BCUT2D eigenvalue weighted by molar-refractivity contribution is -0.152. The second-order valence-corrected chi connectivity index (χ2v) is 9.35. The monoisotopic (exact) mass is 495 g/mol. The number of methoxy groups -OCH3 is 1. The Morgan fingerprint density at radius 3 is 2.49 bits per heavy atom. The molecule has 0 radical (unpaired) electrons. The summed E-state index contributed by atoms with van der Waals surface area (Å²) >= 11 is 1.46. The first kappa shape index (κ1) is 24.7. The topological polar surface area (TPSA) is 90.9 Å². The van der Waals surface area contributed by atoms with E-state index in [4.69, 9.17) is 14.2 Å². The van der Waals surface area contributed by atoms with Crippen molar-refractivity contribution in [3.63, 3.8) is 0 Å². The highest BCUT2D eigenvalue weighted by Crippen LogP contribution is 2.50. The van der Waals surface area contributed by atoms with Crippen LogP contribution in [-0.2, 0) is 23.9 Å². The van der Waals surface area contributed by atoms with Crippen molar-refractivity contribution < 1.29 is 28.6 Å². The lowest BCUT2D eigenvalue weighted by Gasteiger charge is -2.39. The van der Waals surface area contributed by atoms with Gasteiger partial charge in [0.1, 0.15) is 11.7 Å². The molecule has 0 bridgehead atoms. The van der Waals surface area contributed by atoms with E-state index >= 15 is 0 Å². The maximum Gasteiger partial charge on any atom is 0.336 e. The van der Waals surface area contributed by atoms with Crippen LogP contribution in [-0.4, -0.2) is 38.0 Å². The van der Waals surface area contributed by atoms with E-state index in [1.54, 1.807) is 21.0 Å². The van der Waals surface area contributed by atoms with Gasteiger partial charge in [-0.3, -0.25) is 9.59 Å². The van der Waals surface area contributed by atoms with Crippen molar-refractivity contribution in [3.05, 3.63) is 74.8 Å². The number of carbonyl (C=O) groups excluding carboxylic acids is 3. The molecular formula is C27H29NO6S. The maximum atomic E-state index is 14.2. The van der Waals surface area contributed by atoms with Gasteiger partial charge in [0.15, 0.2) is 5.78 Å². The molecule has 0 unspecified atom stereocenters. The summed E-state index contributed by atoms with van der Waals surface area (Å²) in [6, 6.07) is 11.2. The number of benzene rings is 1. The molecule has 0 spiro atoms. The Hall–Kier alpha value is -3.39. The van der Waals surface area contributed by atoms with Gasteiger partial charge in [-0.1, -0.05) is 24.3 Å². The molecular weight excluding hydrogens is 466 g/mol. The van der Waals surface area contributed by atoms with Crippen LogP contribution in [0, 0.1) is 5.92 Å². The number of hydrogen-bond acceptors (Lipinski definition) is 8. The molecule has 0 fully saturated rings. The van der Waals surface area contributed by atoms with Crippen molar-refractivity contribution in [1.82, 2.24) is 5.32 Å². The number of esters is 2. The van der Waals surface area contributed by atoms with Crippen LogP contribution < -0.4 is 10.1 Å². The number of ketones is 1. The molecule has 8 heteroatoms. The fourth-order valence-corrected chi connectivity index (χ4v) is 5.86. The zero-order valence-corrected chi connectivity index (χ0v) is 21.1. The van der Waals surface area contributed by atoms with Crippen LogP contribution in [0.15, 0.2) is 64.3 Å². The van der Waals surface area contributed by atoms with Crippen LogP contribution in [0.25, 0.3) is 0 Å². The number of ether oxygens (including phenoxy) is 3. The van der Waals surface area contributed by atoms with Crippen LogP contribution in [0.1, 0.15) is 49.5 Å². The predicted molar refractivity (Wildman–Crippen MR) is 132 cm³/mol. The van der Waals surface area contributed by atoms with E-state index < -0.39 is 29.7 Å². The summed E-state index contributed by atoms with van der Waals surface area (Å²) in [5.41, 5.74) is 2.92. The fourth-order valence-electron chi connectivity index (χ4n) is 5.02. The van der Waals surface area contributed by atoms with Crippen molar-refractivity contribution in [2.45, 2.75) is 39.0 Å². The van der Waals surface area contributed by atoms with E-state index in [9.17, 15) is 14.4 Å². The van der Waals surface area contributed by atoms with E-state index in [1.165, 1.54) is 11.3 Å². The minimum absolute atomic E-state index is 0.160. The molecule has 3 atom stereocenters. The first-order valence-electron chi connectivity index (χ1n) is 11.7. The summed E-state index contributed by atoms with van der Waals surface area (Å²) in [5, 5.41) is 5.21. The van der Waals surface area contributed by atoms with Crippen molar-refractivity contribution in [1.29, 1.82) is 0 Å². The largest absolute Gasteiger partial charge is 0.496 e. The molecule has 7 nitrogen and oxygen atoms in total. The first-order chi connectivity index (χ1) is 16.9. The Kier molecular flexibility index (Phi) is 7.40. The Bertz CT molecular complexity index is 1200. The smallest absolute Gasteiger partial charge is 0.336 e. The quantitative estimate of drug-likeness (QED) is 0.448. The third-order valence-corrected chi connectivity index (χ3v) is 7.36. The Labute approximate surface area is 208 Å². The lowest BCUT2D eigenvalue weighted by Crippen LogP contribution is -2.43. The van der Waals surface area contributed by atoms with Gasteiger partial charge in [0, 0.05) is 27.8 Å². The van der Waals surface area contributed by atoms with Crippen LogP contribution >= 0.6 is 11.3 Å². The molecule has 2 aromatic rings. The molecule has 4 rings (SSSR count). The fraction of sp³-hybridized carbons (Fsp3) is 0.370. The Morgan fingerprint density at radius 2 is 1.83 bits per heavy atom. The first-order valence-corrected chi connectivity index (χ1v) is 12.6. The summed E-state index contributed by atoms with van der Waals surface area (Å²) in [5.74, 6) is -2.95. The van der Waals surface area contributed by atoms with E-state index in [1.807, 2.05) is 48.7 Å². The van der Waals surface area contributed by atoms with Gasteiger partial charge in [0.05, 0.1) is 31.8 Å². The molecule has 1 aromatic carbocycles. The number of dihydropyridines is 1. The van der Waals surface area contributed by atoms with Gasteiger partial charge in [-0.15, -0.1) is 11.3 Å². The standard InChI is InChI=1S/C27H29NO6S/c1-5-33-26(30)21-15(3)28-18-14-17(16-10-7-8-11-19(16)32-4)22(27(31)34-6-2)25(29)23(18)24(21)20-12-9-13-35-20/h7-13,17,22,24,28H,5-6,14H2,1-4H3/t17-,22+,24+/m0/s1. The van der Waals surface area contributed by atoms with Crippen LogP contribution in [0.2, 0.25) is 0 Å². The molecule has 0 saturated carbocycles. The summed E-state index contributed by atoms with van der Waals surface area (Å²) in [6.07, 6.45) is 0.389. The maximum absolute atomic E-state index is 14.2. The molecule has 2 aliphatic rings. The molecule has 35 heavy (non-hydrogen) atoms. The second kappa shape index (κ2) is 10.5.